The maximum Gasteiger partial charge on any atom is 0.303 e. The highest BCUT2D eigenvalue weighted by Crippen LogP contribution is 2.30. The third kappa shape index (κ3) is 4.86. The minimum absolute atomic E-state index is 0.00552. The van der Waals surface area contributed by atoms with Crippen molar-refractivity contribution in [2.45, 2.75) is 26.3 Å². The third-order valence-corrected chi connectivity index (χ3v) is 5.13. The fourth-order valence-corrected chi connectivity index (χ4v) is 3.74. The molecule has 152 valence electrons. The molecule has 0 aliphatic rings. The number of carbonyl (C=O) groups is 2. The molecule has 0 saturated heterocycles. The van der Waals surface area contributed by atoms with Gasteiger partial charge in [-0.05, 0) is 31.2 Å². The van der Waals surface area contributed by atoms with Gasteiger partial charge in [0, 0.05) is 18.2 Å². The highest BCUT2D eigenvalue weighted by atomic mass is 32.1. The van der Waals surface area contributed by atoms with Crippen molar-refractivity contribution >= 4 is 39.1 Å². The van der Waals surface area contributed by atoms with Gasteiger partial charge in [-0.15, -0.1) is 11.3 Å². The van der Waals surface area contributed by atoms with Gasteiger partial charge in [0.05, 0.1) is 29.8 Å². The highest BCUT2D eigenvalue weighted by molar-refractivity contribution is 7.18. The zero-order valence-corrected chi connectivity index (χ0v) is 16.3. The number of thiazole rings is 1. The van der Waals surface area contributed by atoms with E-state index in [4.69, 9.17) is 9.84 Å². The molecule has 0 saturated carbocycles. The van der Waals surface area contributed by atoms with Gasteiger partial charge in [-0.2, -0.15) is 0 Å². The van der Waals surface area contributed by atoms with E-state index in [1.807, 2.05) is 6.92 Å². The summed E-state index contributed by atoms with van der Waals surface area (Å²) >= 11 is 0.950. The van der Waals surface area contributed by atoms with Gasteiger partial charge >= 0.3 is 5.97 Å². The lowest BCUT2D eigenvalue weighted by Gasteiger charge is -2.22. The standard InChI is InChI=1S/C20H18F2N2O4S/c1-2-28-13-5-3-4-12(10-13)24(17(25)8-9-18(26)27)11-16-23-15-7-6-14(21)19(22)20(15)29-16/h3-7,10H,2,8-9,11H2,1H3,(H,26,27). The summed E-state index contributed by atoms with van der Waals surface area (Å²) in [4.78, 5) is 29.3. The molecule has 6 nitrogen and oxygen atoms in total. The molecule has 1 heterocycles. The van der Waals surface area contributed by atoms with E-state index in [0.29, 0.717) is 28.6 Å². The van der Waals surface area contributed by atoms with Crippen molar-refractivity contribution in [3.05, 3.63) is 53.0 Å². The number of nitrogens with zero attached hydrogens (tertiary/aromatic N) is 2. The molecule has 0 fully saturated rings. The quantitative estimate of drug-likeness (QED) is 0.585. The molecule has 3 aromatic rings. The lowest BCUT2D eigenvalue weighted by atomic mass is 10.2. The van der Waals surface area contributed by atoms with Crippen LogP contribution in [0.5, 0.6) is 5.75 Å². The molecule has 9 heteroatoms. The normalized spacial score (nSPS) is 10.9. The van der Waals surface area contributed by atoms with E-state index in [0.717, 1.165) is 17.4 Å². The van der Waals surface area contributed by atoms with E-state index >= 15 is 0 Å². The van der Waals surface area contributed by atoms with Crippen LogP contribution in [0.3, 0.4) is 0 Å². The van der Waals surface area contributed by atoms with Gasteiger partial charge in [0.25, 0.3) is 0 Å². The van der Waals surface area contributed by atoms with E-state index in [2.05, 4.69) is 4.98 Å². The Labute approximate surface area is 169 Å². The zero-order valence-electron chi connectivity index (χ0n) is 15.5. The predicted molar refractivity (Wildman–Crippen MR) is 105 cm³/mol. The number of hydrogen-bond acceptors (Lipinski definition) is 5. The van der Waals surface area contributed by atoms with Crippen molar-refractivity contribution in [2.24, 2.45) is 0 Å². The van der Waals surface area contributed by atoms with Crippen LogP contribution in [0.4, 0.5) is 14.5 Å². The van der Waals surface area contributed by atoms with Crippen LogP contribution in [0.15, 0.2) is 36.4 Å². The summed E-state index contributed by atoms with van der Waals surface area (Å²) in [5.41, 5.74) is 0.794. The molecule has 29 heavy (non-hydrogen) atoms. The summed E-state index contributed by atoms with van der Waals surface area (Å²) in [5.74, 6) is -2.90. The van der Waals surface area contributed by atoms with E-state index in [9.17, 15) is 18.4 Å². The molecule has 3 rings (SSSR count). The van der Waals surface area contributed by atoms with Gasteiger partial charge in [0.15, 0.2) is 11.6 Å². The number of halogens is 2. The summed E-state index contributed by atoms with van der Waals surface area (Å²) in [5, 5.41) is 9.29. The first-order valence-electron chi connectivity index (χ1n) is 8.87. The molecule has 0 spiro atoms. The second-order valence-electron chi connectivity index (χ2n) is 6.12. The lowest BCUT2D eigenvalue weighted by Crippen LogP contribution is -2.30. The number of fused-ring (bicyclic) bond motifs is 1. The van der Waals surface area contributed by atoms with Crippen molar-refractivity contribution in [3.63, 3.8) is 0 Å². The zero-order chi connectivity index (χ0) is 21.0. The highest BCUT2D eigenvalue weighted by Gasteiger charge is 2.21. The number of anilines is 1. The Morgan fingerprint density at radius 1 is 1.21 bits per heavy atom. The summed E-state index contributed by atoms with van der Waals surface area (Å²) < 4.78 is 33.0. The number of benzene rings is 2. The first kappa shape index (κ1) is 20.7. The molecule has 0 atom stereocenters. The van der Waals surface area contributed by atoms with Crippen LogP contribution in [-0.2, 0) is 16.1 Å². The second-order valence-corrected chi connectivity index (χ2v) is 7.20. The molecule has 0 aliphatic carbocycles. The predicted octanol–water partition coefficient (Wildman–Crippen LogP) is 4.37. The number of aromatic nitrogens is 1. The fraction of sp³-hybridized carbons (Fsp3) is 0.250. The Hall–Kier alpha value is -3.07. The third-order valence-electron chi connectivity index (χ3n) is 4.08. The Morgan fingerprint density at radius 2 is 2.00 bits per heavy atom. The molecule has 0 unspecified atom stereocenters. The van der Waals surface area contributed by atoms with Crippen molar-refractivity contribution in [1.29, 1.82) is 0 Å². The van der Waals surface area contributed by atoms with Crippen LogP contribution in [0.25, 0.3) is 10.2 Å². The van der Waals surface area contributed by atoms with Gasteiger partial charge in [-0.3, -0.25) is 9.59 Å². The molecule has 1 amide bonds. The van der Waals surface area contributed by atoms with Crippen LogP contribution in [0.1, 0.15) is 24.8 Å². The van der Waals surface area contributed by atoms with Crippen molar-refractivity contribution in [2.75, 3.05) is 11.5 Å². The Bertz CT molecular complexity index is 1050. The summed E-state index contributed by atoms with van der Waals surface area (Å²) in [7, 11) is 0. The maximum absolute atomic E-state index is 14.0. The SMILES string of the molecule is CCOc1cccc(N(Cc2nc3ccc(F)c(F)c3s2)C(=O)CCC(=O)O)c1. The van der Waals surface area contributed by atoms with Gasteiger partial charge in [0.2, 0.25) is 5.91 Å². The minimum atomic E-state index is -1.08. The smallest absolute Gasteiger partial charge is 0.303 e. The number of amides is 1. The molecular weight excluding hydrogens is 402 g/mol. The van der Waals surface area contributed by atoms with Crippen molar-refractivity contribution in [1.82, 2.24) is 4.98 Å². The number of carboxylic acids is 1. The average molecular weight is 420 g/mol. The van der Waals surface area contributed by atoms with Crippen LogP contribution < -0.4 is 9.64 Å². The number of aliphatic carboxylic acids is 1. The largest absolute Gasteiger partial charge is 0.494 e. The fourth-order valence-electron chi connectivity index (χ4n) is 2.76. The van der Waals surface area contributed by atoms with E-state index < -0.39 is 23.5 Å². The summed E-state index contributed by atoms with van der Waals surface area (Å²) in [6.07, 6.45) is -0.526. The van der Waals surface area contributed by atoms with Crippen molar-refractivity contribution < 1.29 is 28.2 Å². The van der Waals surface area contributed by atoms with Crippen LogP contribution in [0, 0.1) is 11.6 Å². The first-order valence-corrected chi connectivity index (χ1v) is 9.69. The number of hydrogen-bond donors (Lipinski definition) is 1. The monoisotopic (exact) mass is 420 g/mol. The van der Waals surface area contributed by atoms with Crippen LogP contribution >= 0.6 is 11.3 Å². The minimum Gasteiger partial charge on any atom is -0.494 e. The Morgan fingerprint density at radius 3 is 2.72 bits per heavy atom. The molecular formula is C20H18F2N2O4S. The number of carboxylic acid groups (broad SMARTS) is 1. The average Bonchev–Trinajstić information content (AvgIpc) is 3.11. The first-order chi connectivity index (χ1) is 13.9. The van der Waals surface area contributed by atoms with Crippen LogP contribution in [-0.4, -0.2) is 28.6 Å². The van der Waals surface area contributed by atoms with Gasteiger partial charge in [-0.25, -0.2) is 13.8 Å². The lowest BCUT2D eigenvalue weighted by molar-refractivity contribution is -0.138. The second kappa shape index (κ2) is 8.95. The van der Waals surface area contributed by atoms with E-state index in [1.165, 1.54) is 11.0 Å². The molecule has 0 radical (unpaired) electrons. The molecule has 1 N–H and O–H groups in total. The summed E-state index contributed by atoms with van der Waals surface area (Å²) in [6, 6.07) is 9.18. The molecule has 0 bridgehead atoms. The van der Waals surface area contributed by atoms with Gasteiger partial charge < -0.3 is 14.7 Å². The molecule has 1 aromatic heterocycles. The van der Waals surface area contributed by atoms with E-state index in [1.54, 1.807) is 24.3 Å². The maximum atomic E-state index is 14.0. The van der Waals surface area contributed by atoms with Crippen LogP contribution in [0.2, 0.25) is 0 Å². The Balaban J connectivity index is 1.94. The molecule has 2 aromatic carbocycles. The van der Waals surface area contributed by atoms with Gasteiger partial charge in [0.1, 0.15) is 10.8 Å². The number of rotatable bonds is 8. The summed E-state index contributed by atoms with van der Waals surface area (Å²) in [6.45, 7) is 2.27. The number of ether oxygens (including phenoxy) is 1. The van der Waals surface area contributed by atoms with E-state index in [-0.39, 0.29) is 24.1 Å². The Kier molecular flexibility index (Phi) is 6.38. The number of carbonyl (C=O) groups excluding carboxylic acids is 1. The molecule has 0 aliphatic heterocycles. The van der Waals surface area contributed by atoms with Gasteiger partial charge in [-0.1, -0.05) is 6.07 Å². The van der Waals surface area contributed by atoms with Crippen molar-refractivity contribution in [3.8, 4) is 5.75 Å². The topological polar surface area (TPSA) is 79.7 Å².